The fraction of sp³-hybridized carbons (Fsp3) is 0.115. The minimum Gasteiger partial charge on any atom is -0.252 e. The summed E-state index contributed by atoms with van der Waals surface area (Å²) in [5, 5.41) is 9.96. The molecule has 8 aromatic carbocycles. The van der Waals surface area contributed by atoms with Gasteiger partial charge in [0.2, 0.25) is 0 Å². The van der Waals surface area contributed by atoms with Gasteiger partial charge in [0.1, 0.15) is 0 Å². The lowest BCUT2D eigenvalue weighted by Gasteiger charge is -2.18. The molecule has 0 radical (unpaired) electrons. The molecule has 0 unspecified atom stereocenters. The summed E-state index contributed by atoms with van der Waals surface area (Å²) in [4.78, 5) is 11.0. The second-order valence-corrected chi connectivity index (χ2v) is 17.8. The maximum Gasteiger partial charge on any atom is 0.0979 e. The number of fused-ring (bicyclic) bond motifs is 12. The highest BCUT2D eigenvalue weighted by molar-refractivity contribution is 7.27. The van der Waals surface area contributed by atoms with Gasteiger partial charge in [-0.3, -0.25) is 4.98 Å². The number of benzene rings is 8. The number of thiophene rings is 2. The van der Waals surface area contributed by atoms with E-state index in [2.05, 4.69) is 157 Å². The Labute approximate surface area is 333 Å². The van der Waals surface area contributed by atoms with E-state index in [9.17, 15) is 0 Å². The van der Waals surface area contributed by atoms with Gasteiger partial charge in [-0.25, -0.2) is 4.98 Å². The highest BCUT2D eigenvalue weighted by atomic mass is 32.1. The summed E-state index contributed by atoms with van der Waals surface area (Å²) in [5.74, 6) is 0. The third kappa shape index (κ3) is 4.92. The van der Waals surface area contributed by atoms with Gasteiger partial charge in [0.25, 0.3) is 0 Å². The summed E-state index contributed by atoms with van der Waals surface area (Å²) in [6, 6.07) is 43.0. The Morgan fingerprint density at radius 2 is 0.804 bits per heavy atom. The van der Waals surface area contributed by atoms with Crippen LogP contribution in [-0.2, 0) is 0 Å². The fourth-order valence-corrected chi connectivity index (χ4v) is 11.9. The zero-order valence-corrected chi connectivity index (χ0v) is 33.9. The van der Waals surface area contributed by atoms with E-state index < -0.39 is 0 Å². The minimum absolute atomic E-state index is 0.883. The van der Waals surface area contributed by atoms with Crippen molar-refractivity contribution in [2.24, 2.45) is 0 Å². The quantitative estimate of drug-likeness (QED) is 0.168. The van der Waals surface area contributed by atoms with Crippen LogP contribution < -0.4 is 0 Å². The Morgan fingerprint density at radius 1 is 0.375 bits per heavy atom. The van der Waals surface area contributed by atoms with Crippen LogP contribution in [0.2, 0.25) is 0 Å². The summed E-state index contributed by atoms with van der Waals surface area (Å²) in [7, 11) is 0. The second kappa shape index (κ2) is 12.3. The van der Waals surface area contributed by atoms with Gasteiger partial charge in [-0.1, -0.05) is 90.0 Å². The van der Waals surface area contributed by atoms with E-state index in [4.69, 9.17) is 9.97 Å². The Bertz CT molecular complexity index is 3310. The van der Waals surface area contributed by atoms with E-state index in [-0.39, 0.29) is 0 Å². The zero-order valence-electron chi connectivity index (χ0n) is 32.3. The summed E-state index contributed by atoms with van der Waals surface area (Å²) in [6.45, 7) is 13.4. The Kier molecular flexibility index (Phi) is 7.32. The molecule has 0 N–H and O–H groups in total. The Morgan fingerprint density at radius 3 is 1.30 bits per heavy atom. The first-order chi connectivity index (χ1) is 27.2. The lowest BCUT2D eigenvalue weighted by Crippen LogP contribution is -1.97. The van der Waals surface area contributed by atoms with Crippen molar-refractivity contribution in [1.29, 1.82) is 0 Å². The normalized spacial score (nSPS) is 12.1. The third-order valence-electron chi connectivity index (χ3n) is 11.6. The molecule has 4 heteroatoms. The highest BCUT2D eigenvalue weighted by Crippen LogP contribution is 2.50. The van der Waals surface area contributed by atoms with E-state index in [1.807, 2.05) is 28.9 Å². The van der Waals surface area contributed by atoms with Gasteiger partial charge < -0.3 is 0 Å². The summed E-state index contributed by atoms with van der Waals surface area (Å²) in [5.41, 5.74) is 16.5. The molecule has 0 fully saturated rings. The van der Waals surface area contributed by atoms with E-state index in [0.29, 0.717) is 0 Å². The molecule has 3 aromatic heterocycles. The molecule has 2 nitrogen and oxygen atoms in total. The highest BCUT2D eigenvalue weighted by Gasteiger charge is 2.23. The molecule has 3 heterocycles. The van der Waals surface area contributed by atoms with Gasteiger partial charge in [-0.2, -0.15) is 0 Å². The summed E-state index contributed by atoms with van der Waals surface area (Å²) >= 11 is 3.83. The molecule has 0 bridgehead atoms. The van der Waals surface area contributed by atoms with Gasteiger partial charge in [0.15, 0.2) is 0 Å². The van der Waals surface area contributed by atoms with Crippen molar-refractivity contribution >= 4 is 95.6 Å². The molecule has 0 amide bonds. The smallest absolute Gasteiger partial charge is 0.0979 e. The topological polar surface area (TPSA) is 25.8 Å². The second-order valence-electron chi connectivity index (χ2n) is 15.8. The van der Waals surface area contributed by atoms with Crippen LogP contribution in [0.4, 0.5) is 0 Å². The van der Waals surface area contributed by atoms with Crippen LogP contribution in [0.15, 0.2) is 121 Å². The SMILES string of the molecule is Cc1cc(C)c2sc3c(-c4cccc(-c5cc(C)cc6c5sc5c(C)cc(C)cc56)c4-c4cnc5c6ccccc6c6ccccc6c5n4)cc(C)cc3c2c1. The van der Waals surface area contributed by atoms with Crippen molar-refractivity contribution in [2.75, 3.05) is 0 Å². The van der Waals surface area contributed by atoms with Crippen molar-refractivity contribution < 1.29 is 0 Å². The first-order valence-corrected chi connectivity index (χ1v) is 20.9. The van der Waals surface area contributed by atoms with E-state index in [1.165, 1.54) is 107 Å². The lowest BCUT2D eigenvalue weighted by atomic mass is 9.87. The molecule has 0 saturated heterocycles. The van der Waals surface area contributed by atoms with Gasteiger partial charge >= 0.3 is 0 Å². The molecule has 0 aliphatic carbocycles. The fourth-order valence-electron chi connectivity index (χ4n) is 9.37. The van der Waals surface area contributed by atoms with E-state index in [1.54, 1.807) is 0 Å². The molecule has 268 valence electrons. The number of nitrogens with zero attached hydrogens (tertiary/aromatic N) is 2. The molecular formula is C52H38N2S2. The maximum absolute atomic E-state index is 5.68. The van der Waals surface area contributed by atoms with Crippen LogP contribution >= 0.6 is 22.7 Å². The average Bonchev–Trinajstić information content (AvgIpc) is 3.75. The van der Waals surface area contributed by atoms with Crippen LogP contribution in [0.1, 0.15) is 33.4 Å². The molecule has 11 rings (SSSR count). The molecule has 0 aliphatic rings. The van der Waals surface area contributed by atoms with Gasteiger partial charge in [-0.05, 0) is 122 Å². The van der Waals surface area contributed by atoms with Crippen molar-refractivity contribution in [3.05, 3.63) is 155 Å². The molecule has 0 spiro atoms. The van der Waals surface area contributed by atoms with Gasteiger partial charge in [0, 0.05) is 67.8 Å². The standard InChI is InChI=1S/C52H38N2S2/c1-27-18-31(5)49-41(20-27)43-24-29(3)22-39(51(43)55-49)35-16-11-17-36(40-23-30(4)25-44-42-21-28(2)19-32(6)50(42)56-52(40)44)46(35)45-26-53-47-37-14-9-7-12-33(37)34-13-8-10-15-38(34)48(47)54-45/h7-26H,1-6H3. The number of rotatable bonds is 3. The molecule has 0 atom stereocenters. The van der Waals surface area contributed by atoms with E-state index in [0.717, 1.165) is 33.1 Å². The lowest BCUT2D eigenvalue weighted by molar-refractivity contribution is 1.31. The average molecular weight is 755 g/mol. The molecule has 56 heavy (non-hydrogen) atoms. The van der Waals surface area contributed by atoms with Gasteiger partial charge in [0.05, 0.1) is 22.9 Å². The zero-order chi connectivity index (χ0) is 38.0. The summed E-state index contributed by atoms with van der Waals surface area (Å²) in [6.07, 6.45) is 2.03. The third-order valence-corrected chi connectivity index (χ3v) is 14.4. The van der Waals surface area contributed by atoms with Crippen LogP contribution in [-0.4, -0.2) is 9.97 Å². The number of aryl methyl sites for hydroxylation is 6. The van der Waals surface area contributed by atoms with Crippen molar-refractivity contribution in [2.45, 2.75) is 41.5 Å². The largest absolute Gasteiger partial charge is 0.252 e. The summed E-state index contributed by atoms with van der Waals surface area (Å²) < 4.78 is 5.33. The van der Waals surface area contributed by atoms with Crippen LogP contribution in [0.5, 0.6) is 0 Å². The Balaban J connectivity index is 1.29. The van der Waals surface area contributed by atoms with Crippen LogP contribution in [0.3, 0.4) is 0 Å². The minimum atomic E-state index is 0.883. The van der Waals surface area contributed by atoms with Crippen molar-refractivity contribution in [1.82, 2.24) is 9.97 Å². The maximum atomic E-state index is 5.68. The molecular weight excluding hydrogens is 717 g/mol. The number of hydrogen-bond acceptors (Lipinski definition) is 4. The first kappa shape index (κ1) is 33.4. The predicted octanol–water partition coefficient (Wildman–Crippen LogP) is 15.5. The number of aromatic nitrogens is 2. The predicted molar refractivity (Wildman–Crippen MR) is 245 cm³/mol. The van der Waals surface area contributed by atoms with Crippen LogP contribution in [0, 0.1) is 41.5 Å². The van der Waals surface area contributed by atoms with Crippen molar-refractivity contribution in [3.8, 4) is 33.5 Å². The molecule has 0 saturated carbocycles. The van der Waals surface area contributed by atoms with Gasteiger partial charge in [-0.15, -0.1) is 22.7 Å². The van der Waals surface area contributed by atoms with Crippen molar-refractivity contribution in [3.63, 3.8) is 0 Å². The van der Waals surface area contributed by atoms with Crippen LogP contribution in [0.25, 0.3) is 106 Å². The Hall–Kier alpha value is -5.94. The molecule has 0 aliphatic heterocycles. The van der Waals surface area contributed by atoms with E-state index >= 15 is 0 Å². The monoisotopic (exact) mass is 754 g/mol. The first-order valence-electron chi connectivity index (χ1n) is 19.3. The molecule has 11 aromatic rings. The number of hydrogen-bond donors (Lipinski definition) is 0.